The van der Waals surface area contributed by atoms with Crippen LogP contribution in [0.2, 0.25) is 0 Å². The fourth-order valence-corrected chi connectivity index (χ4v) is 20.8. The molecule has 6 heteroatoms. The van der Waals surface area contributed by atoms with Crippen LogP contribution in [-0.2, 0) is 19.1 Å². The van der Waals surface area contributed by atoms with E-state index in [1.54, 1.807) is 14.0 Å². The fourth-order valence-electron chi connectivity index (χ4n) is 16.5. The third-order valence-electron chi connectivity index (χ3n) is 18.9. The van der Waals surface area contributed by atoms with Crippen molar-refractivity contribution in [2.75, 3.05) is 13.3 Å². The van der Waals surface area contributed by atoms with Gasteiger partial charge in [-0.15, -0.1) is 0 Å². The fraction of sp³-hybridized carbons (Fsp3) is 0.630. The number of hydrogen-bond donors (Lipinski definition) is 0. The molecule has 60 heavy (non-hydrogen) atoms. The lowest BCUT2D eigenvalue weighted by Gasteiger charge is -2.73. The standard InChI is InChI=1S/C54H74O4P.BrH/c1-37(2)43-29-32-54(49(56)57-9)34-33-52(7)44(47(43)54)27-28-46-51(6)36-39(48(58-38(3)55)50(4,5)45(51)30-31-53(46,52)8)20-19-35-59(40-21-13-10-14-22-40,41-23-15-11-16-24-41)42-25-17-12-18-26-42;/h10-18,21-26,37,39,43-48H,19-20,27-36H2,1-9H3;1H/q+1;/p-1/t39-,43-,44+,45-,46+,47+,48-,51-,52+,53+,54-;/m0./s1. The first-order valence-corrected chi connectivity index (χ1v) is 25.4. The van der Waals surface area contributed by atoms with Crippen molar-refractivity contribution in [3.63, 3.8) is 0 Å². The van der Waals surface area contributed by atoms with Crippen molar-refractivity contribution in [3.05, 3.63) is 91.0 Å². The van der Waals surface area contributed by atoms with Gasteiger partial charge in [0.25, 0.3) is 0 Å². The quantitative estimate of drug-likeness (QED) is 0.151. The molecule has 3 aromatic rings. The Hall–Kier alpha value is -2.49. The maximum absolute atomic E-state index is 13.9. The summed E-state index contributed by atoms with van der Waals surface area (Å²) in [7, 11) is -0.356. The van der Waals surface area contributed by atoms with Gasteiger partial charge in [-0.2, -0.15) is 0 Å². The van der Waals surface area contributed by atoms with E-state index in [1.165, 1.54) is 41.6 Å². The van der Waals surface area contributed by atoms with E-state index < -0.39 is 7.26 Å². The van der Waals surface area contributed by atoms with E-state index in [1.807, 2.05) is 0 Å². The highest BCUT2D eigenvalue weighted by Crippen LogP contribution is 2.78. The first kappa shape index (κ1) is 45.5. The molecule has 5 aliphatic rings. The van der Waals surface area contributed by atoms with Gasteiger partial charge in [0.1, 0.15) is 29.3 Å². The largest absolute Gasteiger partial charge is 1.00 e. The molecule has 0 saturated heterocycles. The smallest absolute Gasteiger partial charge is 0.312 e. The van der Waals surface area contributed by atoms with Gasteiger partial charge in [-0.05, 0) is 165 Å². The first-order chi connectivity index (χ1) is 28.1. The average Bonchev–Trinajstić information content (AvgIpc) is 3.63. The van der Waals surface area contributed by atoms with E-state index in [-0.39, 0.29) is 68.0 Å². The predicted octanol–water partition coefficient (Wildman–Crippen LogP) is 8.83. The van der Waals surface area contributed by atoms with Crippen LogP contribution in [0, 0.1) is 68.5 Å². The van der Waals surface area contributed by atoms with E-state index in [2.05, 4.69) is 139 Å². The van der Waals surface area contributed by atoms with Gasteiger partial charge >= 0.3 is 11.9 Å². The van der Waals surface area contributed by atoms with Gasteiger partial charge in [0, 0.05) is 12.3 Å². The molecule has 0 spiro atoms. The van der Waals surface area contributed by atoms with Crippen molar-refractivity contribution in [1.29, 1.82) is 0 Å². The Balaban J connectivity index is 0.00000544. The number of halogens is 1. The summed E-state index contributed by atoms with van der Waals surface area (Å²) in [5.41, 5.74) is 0.0106. The van der Waals surface area contributed by atoms with Crippen molar-refractivity contribution in [2.24, 2.45) is 68.5 Å². The zero-order valence-electron chi connectivity index (χ0n) is 38.2. The molecule has 0 aromatic heterocycles. The van der Waals surface area contributed by atoms with Gasteiger partial charge in [0.05, 0.1) is 18.7 Å². The second-order valence-corrected chi connectivity index (χ2v) is 25.4. The van der Waals surface area contributed by atoms with Crippen molar-refractivity contribution < 1.29 is 36.0 Å². The van der Waals surface area contributed by atoms with Crippen molar-refractivity contribution in [2.45, 2.75) is 132 Å². The van der Waals surface area contributed by atoms with Crippen LogP contribution >= 0.6 is 7.26 Å². The molecule has 5 saturated carbocycles. The number of methoxy groups -OCH3 is 1. The lowest BCUT2D eigenvalue weighted by molar-refractivity contribution is -0.261. The highest BCUT2D eigenvalue weighted by Gasteiger charge is 2.73. The lowest BCUT2D eigenvalue weighted by atomic mass is 9.31. The summed E-state index contributed by atoms with van der Waals surface area (Å²) < 4.78 is 12.2. The molecule has 5 aliphatic carbocycles. The van der Waals surface area contributed by atoms with Crippen LogP contribution < -0.4 is 32.9 Å². The Labute approximate surface area is 374 Å². The van der Waals surface area contributed by atoms with Crippen LogP contribution in [0.4, 0.5) is 0 Å². The van der Waals surface area contributed by atoms with Crippen LogP contribution in [0.3, 0.4) is 0 Å². The monoisotopic (exact) mass is 896 g/mol. The average molecular weight is 898 g/mol. The molecule has 0 heterocycles. The highest BCUT2D eigenvalue weighted by atomic mass is 79.9. The van der Waals surface area contributed by atoms with Crippen molar-refractivity contribution >= 4 is 35.1 Å². The maximum atomic E-state index is 13.9. The highest BCUT2D eigenvalue weighted by molar-refractivity contribution is 7.95. The van der Waals surface area contributed by atoms with E-state index in [4.69, 9.17) is 9.47 Å². The van der Waals surface area contributed by atoms with Gasteiger partial charge in [-0.1, -0.05) is 103 Å². The summed E-state index contributed by atoms with van der Waals surface area (Å²) in [6, 6.07) is 33.9. The lowest BCUT2D eigenvalue weighted by Crippen LogP contribution is -3.00. The van der Waals surface area contributed by atoms with Crippen LogP contribution in [-0.4, -0.2) is 31.3 Å². The summed E-state index contributed by atoms with van der Waals surface area (Å²) in [6.45, 7) is 19.4. The Morgan fingerprint density at radius 1 is 0.717 bits per heavy atom. The van der Waals surface area contributed by atoms with E-state index >= 15 is 0 Å². The van der Waals surface area contributed by atoms with E-state index in [0.29, 0.717) is 35.5 Å². The summed E-state index contributed by atoms with van der Waals surface area (Å²) in [4.78, 5) is 26.9. The minimum absolute atomic E-state index is 0. The number of fused-ring (bicyclic) bond motifs is 7. The molecule has 3 aromatic carbocycles. The number of benzene rings is 3. The molecule has 0 radical (unpaired) electrons. The topological polar surface area (TPSA) is 52.6 Å². The summed E-state index contributed by atoms with van der Waals surface area (Å²) >= 11 is 0. The second-order valence-electron chi connectivity index (χ2n) is 21.8. The summed E-state index contributed by atoms with van der Waals surface area (Å²) in [6.07, 6.45) is 13.3. The number of carbonyl (C=O) groups is 2. The van der Waals surface area contributed by atoms with Crippen molar-refractivity contribution in [3.8, 4) is 0 Å². The minimum Gasteiger partial charge on any atom is -1.00 e. The SMILES string of the molecule is COC(=O)[C@]12CC[C@@H](C(C)C)[C@@H]1[C@H]1CC[C@@H]3[C@@]4(C)C[C@H](CCC[P+](c5ccccc5)(c5ccccc5)c5ccccc5)[C@H](OC(C)=O)C(C)(C)[C@@H]4CC[C@@]3(C)[C@]1(C)CC2.[Br-]. The molecule has 0 N–H and O–H groups in total. The number of ether oxygens (including phenoxy) is 2. The van der Waals surface area contributed by atoms with Crippen LogP contribution in [0.5, 0.6) is 0 Å². The van der Waals surface area contributed by atoms with Gasteiger partial charge in [-0.25, -0.2) is 0 Å². The normalized spacial score (nSPS) is 36.7. The van der Waals surface area contributed by atoms with Gasteiger partial charge in [-0.3, -0.25) is 9.59 Å². The van der Waals surface area contributed by atoms with Crippen LogP contribution in [0.15, 0.2) is 91.0 Å². The molecular formula is C54H74BrO4P. The van der Waals surface area contributed by atoms with Gasteiger partial charge in [0.2, 0.25) is 0 Å². The van der Waals surface area contributed by atoms with Crippen LogP contribution in [0.1, 0.15) is 126 Å². The van der Waals surface area contributed by atoms with Crippen LogP contribution in [0.25, 0.3) is 0 Å². The molecule has 0 aliphatic heterocycles. The van der Waals surface area contributed by atoms with E-state index in [9.17, 15) is 9.59 Å². The van der Waals surface area contributed by atoms with Crippen molar-refractivity contribution in [1.82, 2.24) is 0 Å². The molecule has 0 bridgehead atoms. The molecule has 4 nitrogen and oxygen atoms in total. The zero-order valence-corrected chi connectivity index (χ0v) is 40.7. The second kappa shape index (κ2) is 16.9. The molecule has 0 amide bonds. The number of esters is 2. The molecule has 326 valence electrons. The number of rotatable bonds is 10. The molecule has 5 fully saturated rings. The van der Waals surface area contributed by atoms with Gasteiger partial charge < -0.3 is 26.5 Å². The molecule has 11 atom stereocenters. The predicted molar refractivity (Wildman–Crippen MR) is 245 cm³/mol. The third-order valence-corrected chi connectivity index (χ3v) is 23.4. The molecule has 8 rings (SSSR count). The summed E-state index contributed by atoms with van der Waals surface area (Å²) in [5, 5.41) is 4.30. The minimum atomic E-state index is -1.98. The zero-order chi connectivity index (χ0) is 42.0. The Bertz CT molecular complexity index is 1870. The Morgan fingerprint density at radius 2 is 1.28 bits per heavy atom. The molecule has 0 unspecified atom stereocenters. The summed E-state index contributed by atoms with van der Waals surface area (Å²) in [5.74, 6) is 3.37. The molecular weight excluding hydrogens is 823 g/mol. The number of hydrogen-bond acceptors (Lipinski definition) is 4. The van der Waals surface area contributed by atoms with E-state index in [0.717, 1.165) is 51.1 Å². The first-order valence-electron chi connectivity index (χ1n) is 23.4. The third kappa shape index (κ3) is 6.91. The maximum Gasteiger partial charge on any atom is 0.312 e. The number of carbonyl (C=O) groups excluding carboxylic acids is 2. The Kier molecular flexibility index (Phi) is 12.8. The van der Waals surface area contributed by atoms with Gasteiger partial charge in [0.15, 0.2) is 0 Å². The Morgan fingerprint density at radius 3 is 1.80 bits per heavy atom.